The zero-order valence-electron chi connectivity index (χ0n) is 8.90. The van der Waals surface area contributed by atoms with Gasteiger partial charge in [-0.2, -0.15) is 0 Å². The molecule has 1 heterocycles. The molecule has 0 spiro atoms. The van der Waals surface area contributed by atoms with Crippen molar-refractivity contribution in [3.8, 4) is 0 Å². The first kappa shape index (κ1) is 8.92. The minimum Gasteiger partial charge on any atom is -0.334 e. The van der Waals surface area contributed by atoms with Gasteiger partial charge in [0, 0.05) is 19.0 Å². The molecule has 0 radical (unpaired) electrons. The summed E-state index contributed by atoms with van der Waals surface area (Å²) in [5.74, 6) is 0. The predicted octanol–water partition coefficient (Wildman–Crippen LogP) is 1.56. The van der Waals surface area contributed by atoms with Crippen molar-refractivity contribution in [1.29, 1.82) is 0 Å². The van der Waals surface area contributed by atoms with Gasteiger partial charge in [0.25, 0.3) is 0 Å². The van der Waals surface area contributed by atoms with Crippen LogP contribution in [0.4, 0.5) is 0 Å². The molecule has 1 aromatic carbocycles. The molecule has 2 aromatic rings. The van der Waals surface area contributed by atoms with Crippen LogP contribution in [0, 0.1) is 0 Å². The second kappa shape index (κ2) is 2.83. The van der Waals surface area contributed by atoms with E-state index in [0.717, 1.165) is 12.1 Å². The van der Waals surface area contributed by atoms with E-state index in [1.807, 2.05) is 17.9 Å². The van der Waals surface area contributed by atoms with Crippen molar-refractivity contribution in [3.05, 3.63) is 30.1 Å². The normalized spacial score (nSPS) is 18.3. The molecule has 0 unspecified atom stereocenters. The van der Waals surface area contributed by atoms with E-state index in [-0.39, 0.29) is 5.41 Å². The van der Waals surface area contributed by atoms with Gasteiger partial charge in [-0.05, 0) is 30.5 Å². The van der Waals surface area contributed by atoms with Gasteiger partial charge < -0.3 is 10.3 Å². The Bertz CT molecular complexity index is 509. The Morgan fingerprint density at radius 1 is 1.47 bits per heavy atom. The Hall–Kier alpha value is -1.35. The highest BCUT2D eigenvalue weighted by Crippen LogP contribution is 2.47. The molecule has 1 aliphatic carbocycles. The molecule has 1 fully saturated rings. The maximum absolute atomic E-state index is 5.82. The number of benzene rings is 1. The smallest absolute Gasteiger partial charge is 0.0955 e. The number of hydrogen-bond donors (Lipinski definition) is 1. The third kappa shape index (κ3) is 1.20. The van der Waals surface area contributed by atoms with Crippen molar-refractivity contribution in [2.24, 2.45) is 12.8 Å². The largest absolute Gasteiger partial charge is 0.334 e. The second-order valence-electron chi connectivity index (χ2n) is 4.54. The summed E-state index contributed by atoms with van der Waals surface area (Å²) < 4.78 is 2.04. The lowest BCUT2D eigenvalue weighted by Gasteiger charge is -2.12. The topological polar surface area (TPSA) is 43.8 Å². The van der Waals surface area contributed by atoms with Crippen molar-refractivity contribution in [2.45, 2.75) is 18.3 Å². The molecule has 0 bridgehead atoms. The minimum atomic E-state index is 0.270. The van der Waals surface area contributed by atoms with Gasteiger partial charge in [0.15, 0.2) is 0 Å². The first-order valence-electron chi connectivity index (χ1n) is 5.37. The molecular weight excluding hydrogens is 186 g/mol. The third-order valence-corrected chi connectivity index (χ3v) is 3.58. The standard InChI is InChI=1S/C12H15N3/c1-15-8-14-10-6-9(2-3-11(10)15)12(7-13)4-5-12/h2-3,6,8H,4-5,7,13H2,1H3. The van der Waals surface area contributed by atoms with E-state index in [0.29, 0.717) is 0 Å². The van der Waals surface area contributed by atoms with Crippen LogP contribution in [0.3, 0.4) is 0 Å². The Morgan fingerprint density at radius 3 is 2.93 bits per heavy atom. The highest BCUT2D eigenvalue weighted by molar-refractivity contribution is 5.76. The van der Waals surface area contributed by atoms with Gasteiger partial charge in [-0.15, -0.1) is 0 Å². The number of hydrogen-bond acceptors (Lipinski definition) is 2. The number of nitrogens with zero attached hydrogens (tertiary/aromatic N) is 2. The number of aryl methyl sites for hydroxylation is 1. The molecule has 3 heteroatoms. The first-order valence-corrected chi connectivity index (χ1v) is 5.37. The van der Waals surface area contributed by atoms with Gasteiger partial charge in [0.05, 0.1) is 17.4 Å². The van der Waals surface area contributed by atoms with Gasteiger partial charge in [-0.1, -0.05) is 6.07 Å². The summed E-state index contributed by atoms with van der Waals surface area (Å²) in [5, 5.41) is 0. The Kier molecular flexibility index (Phi) is 1.68. The fourth-order valence-electron chi connectivity index (χ4n) is 2.23. The quantitative estimate of drug-likeness (QED) is 0.801. The molecule has 0 saturated heterocycles. The summed E-state index contributed by atoms with van der Waals surface area (Å²) in [6, 6.07) is 6.53. The van der Waals surface area contributed by atoms with E-state index in [4.69, 9.17) is 5.73 Å². The van der Waals surface area contributed by atoms with E-state index in [1.165, 1.54) is 23.9 Å². The Labute approximate surface area is 88.9 Å². The predicted molar refractivity (Wildman–Crippen MR) is 60.7 cm³/mol. The van der Waals surface area contributed by atoms with Gasteiger partial charge >= 0.3 is 0 Å². The number of imidazole rings is 1. The second-order valence-corrected chi connectivity index (χ2v) is 4.54. The summed E-state index contributed by atoms with van der Waals surface area (Å²) in [5.41, 5.74) is 9.72. The summed E-state index contributed by atoms with van der Waals surface area (Å²) in [7, 11) is 2.02. The lowest BCUT2D eigenvalue weighted by Crippen LogP contribution is -2.19. The highest BCUT2D eigenvalue weighted by atomic mass is 15.0. The number of rotatable bonds is 2. The summed E-state index contributed by atoms with van der Waals surface area (Å²) in [4.78, 5) is 4.38. The average molecular weight is 201 g/mol. The molecule has 3 nitrogen and oxygen atoms in total. The number of aromatic nitrogens is 2. The van der Waals surface area contributed by atoms with Crippen LogP contribution in [0.5, 0.6) is 0 Å². The monoisotopic (exact) mass is 201 g/mol. The number of nitrogens with two attached hydrogens (primary N) is 1. The van der Waals surface area contributed by atoms with Crippen LogP contribution in [0.25, 0.3) is 11.0 Å². The van der Waals surface area contributed by atoms with E-state index in [9.17, 15) is 0 Å². The SMILES string of the molecule is Cn1cnc2cc(C3(CN)CC3)ccc21. The number of fused-ring (bicyclic) bond motifs is 1. The molecule has 0 amide bonds. The molecule has 0 atom stereocenters. The van der Waals surface area contributed by atoms with E-state index < -0.39 is 0 Å². The zero-order chi connectivity index (χ0) is 10.5. The minimum absolute atomic E-state index is 0.270. The summed E-state index contributed by atoms with van der Waals surface area (Å²) >= 11 is 0. The van der Waals surface area contributed by atoms with Gasteiger partial charge in [-0.3, -0.25) is 0 Å². The molecule has 2 N–H and O–H groups in total. The lowest BCUT2D eigenvalue weighted by atomic mass is 9.96. The third-order valence-electron chi connectivity index (χ3n) is 3.58. The van der Waals surface area contributed by atoms with Crippen LogP contribution in [-0.4, -0.2) is 16.1 Å². The van der Waals surface area contributed by atoms with Crippen molar-refractivity contribution in [3.63, 3.8) is 0 Å². The summed E-state index contributed by atoms with van der Waals surface area (Å²) in [6.45, 7) is 0.755. The molecule has 3 rings (SSSR count). The van der Waals surface area contributed by atoms with Gasteiger partial charge in [0.2, 0.25) is 0 Å². The maximum atomic E-state index is 5.82. The lowest BCUT2D eigenvalue weighted by molar-refractivity contribution is 0.705. The van der Waals surface area contributed by atoms with Crippen molar-refractivity contribution in [2.75, 3.05) is 6.54 Å². The molecule has 1 saturated carbocycles. The molecular formula is C12H15N3. The van der Waals surface area contributed by atoms with Crippen LogP contribution < -0.4 is 5.73 Å². The molecule has 78 valence electrons. The van der Waals surface area contributed by atoms with Crippen LogP contribution in [0.15, 0.2) is 24.5 Å². The zero-order valence-corrected chi connectivity index (χ0v) is 8.90. The van der Waals surface area contributed by atoms with Crippen molar-refractivity contribution < 1.29 is 0 Å². The molecule has 15 heavy (non-hydrogen) atoms. The van der Waals surface area contributed by atoms with Crippen molar-refractivity contribution >= 4 is 11.0 Å². The summed E-state index contributed by atoms with van der Waals surface area (Å²) in [6.07, 6.45) is 4.31. The highest BCUT2D eigenvalue weighted by Gasteiger charge is 2.42. The fourth-order valence-corrected chi connectivity index (χ4v) is 2.23. The molecule has 1 aliphatic rings. The van der Waals surface area contributed by atoms with E-state index >= 15 is 0 Å². The fraction of sp³-hybridized carbons (Fsp3) is 0.417. The maximum Gasteiger partial charge on any atom is 0.0955 e. The van der Waals surface area contributed by atoms with Gasteiger partial charge in [0.1, 0.15) is 0 Å². The first-order chi connectivity index (χ1) is 7.25. The molecule has 0 aliphatic heterocycles. The van der Waals surface area contributed by atoms with Crippen LogP contribution in [-0.2, 0) is 12.5 Å². The van der Waals surface area contributed by atoms with E-state index in [1.54, 1.807) is 0 Å². The van der Waals surface area contributed by atoms with Crippen molar-refractivity contribution in [1.82, 2.24) is 9.55 Å². The molecule has 1 aromatic heterocycles. The van der Waals surface area contributed by atoms with Gasteiger partial charge in [-0.25, -0.2) is 4.98 Å². The Morgan fingerprint density at radius 2 is 2.27 bits per heavy atom. The van der Waals surface area contributed by atoms with Crippen LogP contribution in [0.1, 0.15) is 18.4 Å². The van der Waals surface area contributed by atoms with Crippen LogP contribution in [0.2, 0.25) is 0 Å². The van der Waals surface area contributed by atoms with E-state index in [2.05, 4.69) is 23.2 Å². The van der Waals surface area contributed by atoms with Crippen LogP contribution >= 0.6 is 0 Å². The average Bonchev–Trinajstić information content (AvgIpc) is 2.99. The Balaban J connectivity index is 2.14.